The van der Waals surface area contributed by atoms with E-state index >= 15 is 0 Å². The number of fused-ring (bicyclic) bond motifs is 1. The molecule has 0 radical (unpaired) electrons. The molecular formula is C25H32N6O4. The van der Waals surface area contributed by atoms with Crippen LogP contribution in [0.4, 0.5) is 5.82 Å². The van der Waals surface area contributed by atoms with E-state index in [1.807, 2.05) is 6.07 Å². The van der Waals surface area contributed by atoms with Gasteiger partial charge in [0, 0.05) is 32.0 Å². The Morgan fingerprint density at radius 2 is 2.20 bits per heavy atom. The maximum atomic E-state index is 12.9. The van der Waals surface area contributed by atoms with Crippen LogP contribution in [0.15, 0.2) is 36.7 Å². The molecule has 2 aromatic heterocycles. The van der Waals surface area contributed by atoms with E-state index in [2.05, 4.69) is 32.0 Å². The molecule has 186 valence electrons. The van der Waals surface area contributed by atoms with Crippen molar-refractivity contribution < 1.29 is 19.1 Å². The number of hydrogen-bond acceptors (Lipinski definition) is 8. The molecule has 2 amide bonds. The zero-order valence-electron chi connectivity index (χ0n) is 20.0. The van der Waals surface area contributed by atoms with E-state index in [4.69, 9.17) is 4.74 Å². The Morgan fingerprint density at radius 3 is 3.00 bits per heavy atom. The number of pyridine rings is 2. The Labute approximate surface area is 204 Å². The van der Waals surface area contributed by atoms with Crippen molar-refractivity contribution in [1.29, 1.82) is 0 Å². The molecule has 0 spiro atoms. The zero-order valence-corrected chi connectivity index (χ0v) is 20.0. The molecule has 4 rings (SSSR count). The summed E-state index contributed by atoms with van der Waals surface area (Å²) in [4.78, 5) is 48.0. The van der Waals surface area contributed by atoms with Crippen LogP contribution in [0.2, 0.25) is 0 Å². The first-order chi connectivity index (χ1) is 17.0. The number of nitrogens with one attached hydrogen (secondary N) is 3. The molecule has 3 N–H and O–H groups in total. The van der Waals surface area contributed by atoms with Crippen LogP contribution in [0.5, 0.6) is 0 Å². The van der Waals surface area contributed by atoms with Gasteiger partial charge in [0.25, 0.3) is 0 Å². The van der Waals surface area contributed by atoms with Crippen molar-refractivity contribution in [2.45, 2.75) is 51.2 Å². The highest BCUT2D eigenvalue weighted by Gasteiger charge is 2.33. The second kappa shape index (κ2) is 11.7. The van der Waals surface area contributed by atoms with Gasteiger partial charge in [-0.1, -0.05) is 12.1 Å². The first-order valence-electron chi connectivity index (χ1n) is 12.1. The summed E-state index contributed by atoms with van der Waals surface area (Å²) in [7, 11) is 0. The minimum atomic E-state index is -0.578. The van der Waals surface area contributed by atoms with E-state index in [-0.39, 0.29) is 37.4 Å². The van der Waals surface area contributed by atoms with E-state index in [1.54, 1.807) is 36.4 Å². The van der Waals surface area contributed by atoms with E-state index < -0.39 is 12.0 Å². The highest BCUT2D eigenvalue weighted by Crippen LogP contribution is 2.20. The van der Waals surface area contributed by atoms with Gasteiger partial charge in [0.05, 0.1) is 37.4 Å². The summed E-state index contributed by atoms with van der Waals surface area (Å²) in [5, 5.41) is 9.47. The van der Waals surface area contributed by atoms with E-state index in [9.17, 15) is 14.4 Å². The van der Waals surface area contributed by atoms with Crippen LogP contribution < -0.4 is 16.0 Å². The second-order valence-corrected chi connectivity index (χ2v) is 8.74. The fourth-order valence-corrected chi connectivity index (χ4v) is 4.41. The average Bonchev–Trinajstić information content (AvgIpc) is 3.21. The van der Waals surface area contributed by atoms with Gasteiger partial charge in [0.15, 0.2) is 0 Å². The van der Waals surface area contributed by atoms with Crippen LogP contribution >= 0.6 is 0 Å². The van der Waals surface area contributed by atoms with Gasteiger partial charge < -0.3 is 25.6 Å². The molecule has 2 aliphatic heterocycles. The predicted molar refractivity (Wildman–Crippen MR) is 129 cm³/mol. The summed E-state index contributed by atoms with van der Waals surface area (Å²) in [6.07, 6.45) is 5.98. The minimum Gasteiger partial charge on any atom is -0.466 e. The van der Waals surface area contributed by atoms with Gasteiger partial charge >= 0.3 is 5.97 Å². The molecule has 0 saturated carbocycles. The third kappa shape index (κ3) is 6.54. The number of anilines is 1. The topological polar surface area (TPSA) is 126 Å². The van der Waals surface area contributed by atoms with Crippen LogP contribution in [-0.4, -0.2) is 64.9 Å². The molecule has 2 atom stereocenters. The minimum absolute atomic E-state index is 0.00790. The van der Waals surface area contributed by atoms with Gasteiger partial charge in [-0.05, 0) is 49.4 Å². The van der Waals surface area contributed by atoms with Gasteiger partial charge in [-0.3, -0.25) is 19.4 Å². The number of aromatic nitrogens is 2. The quantitative estimate of drug-likeness (QED) is 0.435. The summed E-state index contributed by atoms with van der Waals surface area (Å²) in [6, 6.07) is 6.68. The monoisotopic (exact) mass is 480 g/mol. The number of carbonyl (C=O) groups excluding carboxylic acids is 3. The Morgan fingerprint density at radius 1 is 1.31 bits per heavy atom. The van der Waals surface area contributed by atoms with Crippen molar-refractivity contribution in [3.05, 3.63) is 53.5 Å². The van der Waals surface area contributed by atoms with Crippen LogP contribution in [-0.2, 0) is 32.1 Å². The van der Waals surface area contributed by atoms with Gasteiger partial charge in [-0.2, -0.15) is 0 Å². The maximum Gasteiger partial charge on any atom is 0.308 e. The first-order valence-corrected chi connectivity index (χ1v) is 12.1. The first kappa shape index (κ1) is 24.6. The molecule has 10 nitrogen and oxygen atoms in total. The van der Waals surface area contributed by atoms with Crippen molar-refractivity contribution in [2.24, 2.45) is 0 Å². The highest BCUT2D eigenvalue weighted by atomic mass is 16.5. The maximum absolute atomic E-state index is 12.9. The number of ether oxygens (including phenoxy) is 1. The van der Waals surface area contributed by atoms with Crippen LogP contribution in [0, 0.1) is 0 Å². The molecule has 4 heterocycles. The van der Waals surface area contributed by atoms with Crippen LogP contribution in [0.25, 0.3) is 0 Å². The summed E-state index contributed by atoms with van der Waals surface area (Å²) in [6.45, 7) is 3.82. The number of amides is 2. The molecule has 0 aliphatic carbocycles. The number of hydrogen-bond donors (Lipinski definition) is 3. The van der Waals surface area contributed by atoms with E-state index in [0.717, 1.165) is 30.9 Å². The van der Waals surface area contributed by atoms with Gasteiger partial charge in [0.1, 0.15) is 5.82 Å². The molecule has 1 saturated heterocycles. The number of rotatable bonds is 10. The smallest absolute Gasteiger partial charge is 0.308 e. The van der Waals surface area contributed by atoms with Crippen LogP contribution in [0.1, 0.15) is 49.0 Å². The fourth-order valence-electron chi connectivity index (χ4n) is 4.41. The van der Waals surface area contributed by atoms with Gasteiger partial charge in [-0.25, -0.2) is 4.98 Å². The third-order valence-corrected chi connectivity index (χ3v) is 6.21. The lowest BCUT2D eigenvalue weighted by Crippen LogP contribution is -2.43. The summed E-state index contributed by atoms with van der Waals surface area (Å²) in [5.74, 6) is 0.0749. The lowest BCUT2D eigenvalue weighted by molar-refractivity contribution is -0.144. The largest absolute Gasteiger partial charge is 0.466 e. The second-order valence-electron chi connectivity index (χ2n) is 8.74. The zero-order chi connectivity index (χ0) is 24.6. The molecule has 2 aliphatic rings. The Balaban J connectivity index is 1.29. The van der Waals surface area contributed by atoms with Crippen molar-refractivity contribution >= 4 is 23.6 Å². The summed E-state index contributed by atoms with van der Waals surface area (Å²) in [5.41, 5.74) is 2.80. The van der Waals surface area contributed by atoms with Crippen molar-refractivity contribution in [3.8, 4) is 0 Å². The lowest BCUT2D eigenvalue weighted by atomic mass is 10.1. The Hall–Kier alpha value is -3.53. The SMILES string of the molecule is CCOC(=O)C[C@H](NC(=O)CN1CC[C@H](NCc2ccc3c(n2)NCCC3)C1=O)c1cccnc1. The number of likely N-dealkylation sites (tertiary alicyclic amines) is 1. The molecular weight excluding hydrogens is 448 g/mol. The predicted octanol–water partition coefficient (Wildman–Crippen LogP) is 1.34. The molecule has 0 aromatic carbocycles. The van der Waals surface area contributed by atoms with Gasteiger partial charge in [-0.15, -0.1) is 0 Å². The van der Waals surface area contributed by atoms with Crippen molar-refractivity contribution in [2.75, 3.05) is 31.6 Å². The molecule has 1 fully saturated rings. The normalized spacial score (nSPS) is 17.9. The van der Waals surface area contributed by atoms with Crippen LogP contribution in [0.3, 0.4) is 0 Å². The van der Waals surface area contributed by atoms with Crippen molar-refractivity contribution in [1.82, 2.24) is 25.5 Å². The number of esters is 1. The molecule has 0 unspecified atom stereocenters. The number of carbonyl (C=O) groups is 3. The summed E-state index contributed by atoms with van der Waals surface area (Å²) >= 11 is 0. The molecule has 0 bridgehead atoms. The Bertz CT molecular complexity index is 1050. The molecule has 2 aromatic rings. The van der Waals surface area contributed by atoms with E-state index in [1.165, 1.54) is 5.56 Å². The average molecular weight is 481 g/mol. The Kier molecular flexibility index (Phi) is 8.25. The molecule has 10 heteroatoms. The summed E-state index contributed by atoms with van der Waals surface area (Å²) < 4.78 is 5.04. The number of nitrogens with zero attached hydrogens (tertiary/aromatic N) is 3. The fraction of sp³-hybridized carbons (Fsp3) is 0.480. The number of aryl methyl sites for hydroxylation is 1. The standard InChI is InChI=1S/C25H32N6O4/c1-2-35-23(33)13-21(18-6-3-10-26-14-18)30-22(32)16-31-12-9-20(25(31)34)28-15-19-8-7-17-5-4-11-27-24(17)29-19/h3,6-8,10,14,20-21,28H,2,4-5,9,11-13,15-16H2,1H3,(H,27,29)(H,30,32)/t20-,21-/m0/s1. The van der Waals surface area contributed by atoms with Gasteiger partial charge in [0.2, 0.25) is 11.8 Å². The third-order valence-electron chi connectivity index (χ3n) is 6.21. The lowest BCUT2D eigenvalue weighted by Gasteiger charge is -2.21. The highest BCUT2D eigenvalue weighted by molar-refractivity contribution is 5.89. The van der Waals surface area contributed by atoms with E-state index in [0.29, 0.717) is 25.1 Å². The van der Waals surface area contributed by atoms with Crippen molar-refractivity contribution in [3.63, 3.8) is 0 Å². The molecule has 35 heavy (non-hydrogen) atoms.